The lowest BCUT2D eigenvalue weighted by atomic mass is 10.2. The second kappa shape index (κ2) is 11.8. The van der Waals surface area contributed by atoms with Crippen molar-refractivity contribution in [1.29, 1.82) is 0 Å². The van der Waals surface area contributed by atoms with Gasteiger partial charge in [0, 0.05) is 31.1 Å². The average Bonchev–Trinajstić information content (AvgIpc) is 3.11. The van der Waals surface area contributed by atoms with Crippen LogP contribution in [0.5, 0.6) is 0 Å². The van der Waals surface area contributed by atoms with Gasteiger partial charge in [-0.3, -0.25) is 4.79 Å². The fourth-order valence-electron chi connectivity index (χ4n) is 2.04. The van der Waals surface area contributed by atoms with E-state index in [0.717, 1.165) is 6.42 Å². The molecule has 1 aromatic heterocycles. The van der Waals surface area contributed by atoms with Crippen LogP contribution in [0.25, 0.3) is 0 Å². The largest absolute Gasteiger partial charge is 0.356 e. The highest BCUT2D eigenvalue weighted by molar-refractivity contribution is 14.0. The molecule has 1 heterocycles. The molecule has 0 aliphatic carbocycles. The topological polar surface area (TPSA) is 56.7 Å². The van der Waals surface area contributed by atoms with Crippen molar-refractivity contribution in [2.24, 2.45) is 4.99 Å². The van der Waals surface area contributed by atoms with E-state index in [0.29, 0.717) is 18.1 Å². The number of hydrogen-bond acceptors (Lipinski definition) is 3. The molecule has 8 heteroatoms. The van der Waals surface area contributed by atoms with E-state index in [9.17, 15) is 9.18 Å². The van der Waals surface area contributed by atoms with Crippen LogP contribution in [0.1, 0.15) is 10.4 Å². The number of carbonyl (C=O) groups excluding carboxylic acids is 1. The summed E-state index contributed by atoms with van der Waals surface area (Å²) in [5, 5.41) is 8.23. The van der Waals surface area contributed by atoms with Gasteiger partial charge < -0.3 is 15.5 Å². The van der Waals surface area contributed by atoms with E-state index in [1.165, 1.54) is 15.8 Å². The van der Waals surface area contributed by atoms with E-state index in [1.807, 2.05) is 11.4 Å². The molecule has 5 nitrogen and oxygen atoms in total. The molecule has 0 bridgehead atoms. The quantitative estimate of drug-likeness (QED) is 0.357. The van der Waals surface area contributed by atoms with Gasteiger partial charge in [0.1, 0.15) is 5.82 Å². The van der Waals surface area contributed by atoms with Gasteiger partial charge in [-0.2, -0.15) is 0 Å². The van der Waals surface area contributed by atoms with Crippen LogP contribution in [0.15, 0.2) is 46.8 Å². The number of benzene rings is 1. The molecular formula is C18H24FIN4OS. The highest BCUT2D eigenvalue weighted by Gasteiger charge is 2.07. The highest BCUT2D eigenvalue weighted by Crippen LogP contribution is 2.09. The predicted molar refractivity (Wildman–Crippen MR) is 116 cm³/mol. The van der Waals surface area contributed by atoms with Crippen LogP contribution in [0.3, 0.4) is 0 Å². The van der Waals surface area contributed by atoms with Gasteiger partial charge in [0.15, 0.2) is 5.96 Å². The van der Waals surface area contributed by atoms with Crippen LogP contribution < -0.4 is 10.6 Å². The second-order valence-electron chi connectivity index (χ2n) is 5.65. The summed E-state index contributed by atoms with van der Waals surface area (Å²) in [6, 6.07) is 10.6. The monoisotopic (exact) mass is 490 g/mol. The zero-order valence-electron chi connectivity index (χ0n) is 14.9. The van der Waals surface area contributed by atoms with Crippen molar-refractivity contribution in [2.45, 2.75) is 13.0 Å². The van der Waals surface area contributed by atoms with Gasteiger partial charge in [-0.15, -0.1) is 35.3 Å². The molecule has 0 aliphatic heterocycles. The summed E-state index contributed by atoms with van der Waals surface area (Å²) in [4.78, 5) is 18.9. The summed E-state index contributed by atoms with van der Waals surface area (Å²) in [7, 11) is 3.40. The Morgan fingerprint density at radius 1 is 1.19 bits per heavy atom. The minimum Gasteiger partial charge on any atom is -0.356 e. The normalized spacial score (nSPS) is 10.8. The maximum Gasteiger partial charge on any atom is 0.241 e. The van der Waals surface area contributed by atoms with E-state index >= 15 is 0 Å². The number of amides is 1. The molecule has 0 radical (unpaired) electrons. The number of hydrogen-bond donors (Lipinski definition) is 2. The Balaban J connectivity index is 0.00000338. The lowest BCUT2D eigenvalue weighted by molar-refractivity contribution is -0.127. The van der Waals surface area contributed by atoms with Gasteiger partial charge in [0.25, 0.3) is 0 Å². The average molecular weight is 490 g/mol. The maximum absolute atomic E-state index is 13.7. The standard InChI is InChI=1S/C18H23FN4OS.HI/c1-23(2)17(24)13-22-18(20-10-9-15-7-5-11-25-15)21-12-14-6-3-4-8-16(14)19;/h3-8,11H,9-10,12-13H2,1-2H3,(H2,20,21,22);1H. The molecule has 2 N–H and O–H groups in total. The van der Waals surface area contributed by atoms with Crippen molar-refractivity contribution < 1.29 is 9.18 Å². The van der Waals surface area contributed by atoms with Crippen molar-refractivity contribution in [3.63, 3.8) is 0 Å². The van der Waals surface area contributed by atoms with E-state index in [2.05, 4.69) is 21.7 Å². The smallest absolute Gasteiger partial charge is 0.241 e. The fraction of sp³-hybridized carbons (Fsp3) is 0.333. The number of nitrogens with one attached hydrogen (secondary N) is 2. The van der Waals surface area contributed by atoms with Crippen LogP contribution >= 0.6 is 35.3 Å². The van der Waals surface area contributed by atoms with Gasteiger partial charge in [-0.1, -0.05) is 24.3 Å². The zero-order valence-corrected chi connectivity index (χ0v) is 18.0. The van der Waals surface area contributed by atoms with E-state index in [1.54, 1.807) is 43.6 Å². The molecule has 0 atom stereocenters. The SMILES string of the molecule is CN(C)C(=O)CNC(=NCc1ccccc1F)NCCc1cccs1.I. The Labute approximate surface area is 174 Å². The Hall–Kier alpha value is -1.68. The number of aliphatic imine (C=N–C) groups is 1. The molecule has 2 rings (SSSR count). The molecule has 1 amide bonds. The summed E-state index contributed by atoms with van der Waals surface area (Å²) in [6.07, 6.45) is 0.861. The van der Waals surface area contributed by atoms with E-state index in [-0.39, 0.29) is 48.8 Å². The van der Waals surface area contributed by atoms with Crippen LogP contribution in [0, 0.1) is 5.82 Å². The molecule has 0 unspecified atom stereocenters. The molecule has 0 aliphatic rings. The van der Waals surface area contributed by atoms with Crippen molar-refractivity contribution in [3.05, 3.63) is 58.0 Å². The van der Waals surface area contributed by atoms with Crippen LogP contribution in [-0.2, 0) is 17.8 Å². The van der Waals surface area contributed by atoms with Crippen molar-refractivity contribution >= 4 is 47.2 Å². The van der Waals surface area contributed by atoms with Gasteiger partial charge >= 0.3 is 0 Å². The minimum atomic E-state index is -0.284. The molecule has 0 saturated heterocycles. The van der Waals surface area contributed by atoms with Crippen molar-refractivity contribution in [1.82, 2.24) is 15.5 Å². The van der Waals surface area contributed by atoms with Crippen molar-refractivity contribution in [3.8, 4) is 0 Å². The zero-order chi connectivity index (χ0) is 18.1. The van der Waals surface area contributed by atoms with Crippen LogP contribution in [0.4, 0.5) is 4.39 Å². The molecule has 0 saturated carbocycles. The summed E-state index contributed by atoms with van der Waals surface area (Å²) in [6.45, 7) is 1.02. The third-order valence-electron chi connectivity index (χ3n) is 3.52. The Kier molecular flexibility index (Phi) is 10.2. The number of halogens is 2. The molecule has 142 valence electrons. The number of rotatable bonds is 7. The highest BCUT2D eigenvalue weighted by atomic mass is 127. The molecular weight excluding hydrogens is 466 g/mol. The summed E-state index contributed by atoms with van der Waals surface area (Å²) in [5.41, 5.74) is 0.515. The Bertz CT molecular complexity index is 707. The molecule has 0 spiro atoms. The molecule has 2 aromatic rings. The van der Waals surface area contributed by atoms with Gasteiger partial charge in [-0.25, -0.2) is 9.38 Å². The predicted octanol–water partition coefficient (Wildman–Crippen LogP) is 2.87. The first-order valence-electron chi connectivity index (χ1n) is 8.04. The first kappa shape index (κ1) is 22.4. The van der Waals surface area contributed by atoms with E-state index in [4.69, 9.17) is 0 Å². The Morgan fingerprint density at radius 3 is 2.62 bits per heavy atom. The molecule has 0 fully saturated rings. The van der Waals surface area contributed by atoms with Crippen molar-refractivity contribution in [2.75, 3.05) is 27.2 Å². The first-order valence-corrected chi connectivity index (χ1v) is 8.92. The Morgan fingerprint density at radius 2 is 1.96 bits per heavy atom. The van der Waals surface area contributed by atoms with Crippen LogP contribution in [0.2, 0.25) is 0 Å². The number of carbonyl (C=O) groups is 1. The summed E-state index contributed by atoms with van der Waals surface area (Å²) in [5.74, 6) is 0.155. The number of guanidine groups is 1. The second-order valence-corrected chi connectivity index (χ2v) is 6.69. The molecule has 26 heavy (non-hydrogen) atoms. The summed E-state index contributed by atoms with van der Waals surface area (Å²) >= 11 is 1.70. The number of likely N-dealkylation sites (N-methyl/N-ethyl adjacent to an activating group) is 1. The van der Waals surface area contributed by atoms with Gasteiger partial charge in [0.05, 0.1) is 13.1 Å². The fourth-order valence-corrected chi connectivity index (χ4v) is 2.75. The van der Waals surface area contributed by atoms with Gasteiger partial charge in [0.2, 0.25) is 5.91 Å². The first-order chi connectivity index (χ1) is 12.1. The molecule has 1 aromatic carbocycles. The lowest BCUT2D eigenvalue weighted by Gasteiger charge is -2.15. The minimum absolute atomic E-state index is 0. The maximum atomic E-state index is 13.7. The third kappa shape index (κ3) is 7.69. The number of nitrogens with zero attached hydrogens (tertiary/aromatic N) is 2. The van der Waals surface area contributed by atoms with E-state index < -0.39 is 0 Å². The lowest BCUT2D eigenvalue weighted by Crippen LogP contribution is -2.43. The van der Waals surface area contributed by atoms with Crippen LogP contribution in [-0.4, -0.2) is 44.0 Å². The third-order valence-corrected chi connectivity index (χ3v) is 4.45. The number of thiophene rings is 1. The summed E-state index contributed by atoms with van der Waals surface area (Å²) < 4.78 is 13.7. The van der Waals surface area contributed by atoms with Gasteiger partial charge in [-0.05, 0) is 23.9 Å².